The van der Waals surface area contributed by atoms with Crippen LogP contribution in [0.1, 0.15) is 35.2 Å². The van der Waals surface area contributed by atoms with Gasteiger partial charge in [-0.25, -0.2) is 4.18 Å². The number of hydrogen-bond donors (Lipinski definition) is 0. The molecule has 3 aromatic rings. The fraction of sp³-hybridized carbons (Fsp3) is 0.261. The Morgan fingerprint density at radius 1 is 1.03 bits per heavy atom. The average molecular weight is 427 g/mol. The van der Waals surface area contributed by atoms with Gasteiger partial charge in [-0.1, -0.05) is 60.2 Å². The third kappa shape index (κ3) is 4.25. The Kier molecular flexibility index (Phi) is 5.51. The standard InChI is InChI=1S/C23H22O4S2/c1-17-10-12-19(13-11-17)29(25,26)27-23(14-5-15-28-23)16-22(24)21-9-4-7-18-6-2-3-8-20(18)21/h2-4,6-13H,5,14-16H2,1H3. The van der Waals surface area contributed by atoms with Crippen molar-refractivity contribution in [2.75, 3.05) is 5.75 Å². The monoisotopic (exact) mass is 426 g/mol. The van der Waals surface area contributed by atoms with E-state index in [0.717, 1.165) is 28.5 Å². The largest absolute Gasteiger partial charge is 0.298 e. The predicted octanol–water partition coefficient (Wildman–Crippen LogP) is 5.35. The first-order chi connectivity index (χ1) is 13.9. The number of fused-ring (bicyclic) bond motifs is 1. The Morgan fingerprint density at radius 3 is 2.48 bits per heavy atom. The molecule has 0 saturated carbocycles. The molecule has 1 heterocycles. The highest BCUT2D eigenvalue weighted by atomic mass is 32.2. The first kappa shape index (κ1) is 20.1. The van der Waals surface area contributed by atoms with Crippen LogP contribution in [0.2, 0.25) is 0 Å². The molecule has 6 heteroatoms. The molecule has 0 radical (unpaired) electrons. The van der Waals surface area contributed by atoms with Crippen LogP contribution >= 0.6 is 11.8 Å². The first-order valence-corrected chi connectivity index (χ1v) is 12.0. The second kappa shape index (κ2) is 7.94. The van der Waals surface area contributed by atoms with Gasteiger partial charge in [-0.05, 0) is 48.4 Å². The molecule has 0 bridgehead atoms. The molecule has 1 fully saturated rings. The van der Waals surface area contributed by atoms with E-state index in [2.05, 4.69) is 0 Å². The van der Waals surface area contributed by atoms with Gasteiger partial charge in [0, 0.05) is 5.56 Å². The number of thioether (sulfide) groups is 1. The highest BCUT2D eigenvalue weighted by Crippen LogP contribution is 2.45. The molecule has 0 amide bonds. The Balaban J connectivity index is 1.63. The van der Waals surface area contributed by atoms with Gasteiger partial charge in [0.05, 0.1) is 11.3 Å². The Morgan fingerprint density at radius 2 is 1.76 bits per heavy atom. The van der Waals surface area contributed by atoms with E-state index in [4.69, 9.17) is 4.18 Å². The fourth-order valence-electron chi connectivity index (χ4n) is 3.67. The van der Waals surface area contributed by atoms with Crippen molar-refractivity contribution >= 4 is 38.4 Å². The molecule has 4 rings (SSSR count). The number of ketones is 1. The van der Waals surface area contributed by atoms with Gasteiger partial charge in [0.25, 0.3) is 10.1 Å². The minimum absolute atomic E-state index is 0.0246. The molecule has 4 nitrogen and oxygen atoms in total. The van der Waals surface area contributed by atoms with Crippen molar-refractivity contribution in [3.63, 3.8) is 0 Å². The molecule has 29 heavy (non-hydrogen) atoms. The number of carbonyl (C=O) groups is 1. The molecule has 0 spiro atoms. The van der Waals surface area contributed by atoms with Gasteiger partial charge in [0.2, 0.25) is 0 Å². The van der Waals surface area contributed by atoms with E-state index in [1.165, 1.54) is 11.8 Å². The number of Topliss-reactive ketones (excluding diaryl/α,β-unsaturated/α-hetero) is 1. The van der Waals surface area contributed by atoms with Crippen molar-refractivity contribution in [3.05, 3.63) is 77.9 Å². The van der Waals surface area contributed by atoms with Gasteiger partial charge in [0.1, 0.15) is 4.93 Å². The fourth-order valence-corrected chi connectivity index (χ4v) is 6.42. The van der Waals surface area contributed by atoms with Crippen molar-refractivity contribution in [1.82, 2.24) is 0 Å². The van der Waals surface area contributed by atoms with Crippen molar-refractivity contribution in [2.45, 2.75) is 36.0 Å². The van der Waals surface area contributed by atoms with Gasteiger partial charge in [0.15, 0.2) is 5.78 Å². The number of rotatable bonds is 6. The Labute approximate surface area is 175 Å². The maximum atomic E-state index is 13.2. The second-order valence-electron chi connectivity index (χ2n) is 7.34. The molecule has 150 valence electrons. The molecule has 1 unspecified atom stereocenters. The molecule has 1 atom stereocenters. The number of carbonyl (C=O) groups excluding carboxylic acids is 1. The zero-order valence-corrected chi connectivity index (χ0v) is 17.8. The van der Waals surface area contributed by atoms with E-state index in [9.17, 15) is 13.2 Å². The summed E-state index contributed by atoms with van der Waals surface area (Å²) in [6.07, 6.45) is 1.37. The topological polar surface area (TPSA) is 60.4 Å². The van der Waals surface area contributed by atoms with E-state index in [0.29, 0.717) is 12.0 Å². The van der Waals surface area contributed by atoms with Gasteiger partial charge in [-0.3, -0.25) is 4.79 Å². The van der Waals surface area contributed by atoms with E-state index in [1.807, 2.05) is 43.3 Å². The first-order valence-electron chi connectivity index (χ1n) is 9.56. The van der Waals surface area contributed by atoms with Crippen LogP contribution in [0, 0.1) is 6.92 Å². The van der Waals surface area contributed by atoms with E-state index < -0.39 is 15.1 Å². The van der Waals surface area contributed by atoms with E-state index >= 15 is 0 Å². The Bertz CT molecular complexity index is 1140. The van der Waals surface area contributed by atoms with Crippen LogP contribution in [0.25, 0.3) is 10.8 Å². The van der Waals surface area contributed by atoms with E-state index in [1.54, 1.807) is 30.3 Å². The lowest BCUT2D eigenvalue weighted by Gasteiger charge is -2.27. The summed E-state index contributed by atoms with van der Waals surface area (Å²) in [5.41, 5.74) is 1.58. The van der Waals surface area contributed by atoms with Crippen LogP contribution in [0.5, 0.6) is 0 Å². The summed E-state index contributed by atoms with van der Waals surface area (Å²) in [7, 11) is -3.96. The lowest BCUT2D eigenvalue weighted by atomic mass is 9.97. The summed E-state index contributed by atoms with van der Waals surface area (Å²) < 4.78 is 31.5. The molecule has 0 aliphatic carbocycles. The number of benzene rings is 3. The minimum Gasteiger partial charge on any atom is -0.294 e. The summed E-state index contributed by atoms with van der Waals surface area (Å²) in [4.78, 5) is 12.3. The lowest BCUT2D eigenvalue weighted by molar-refractivity contribution is 0.0874. The van der Waals surface area contributed by atoms with E-state index in [-0.39, 0.29) is 17.1 Å². The van der Waals surface area contributed by atoms with Gasteiger partial charge in [-0.2, -0.15) is 8.42 Å². The quantitative estimate of drug-likeness (QED) is 0.393. The van der Waals surface area contributed by atoms with Crippen molar-refractivity contribution < 1.29 is 17.4 Å². The summed E-state index contributed by atoms with van der Waals surface area (Å²) in [6.45, 7) is 1.90. The van der Waals surface area contributed by atoms with Crippen LogP contribution in [0.15, 0.2) is 71.6 Å². The zero-order chi connectivity index (χ0) is 20.5. The molecule has 0 N–H and O–H groups in total. The summed E-state index contributed by atoms with van der Waals surface area (Å²) in [5.74, 6) is 0.669. The minimum atomic E-state index is -3.96. The smallest absolute Gasteiger partial charge is 0.294 e. The van der Waals surface area contributed by atoms with Crippen LogP contribution in [0.4, 0.5) is 0 Å². The van der Waals surface area contributed by atoms with Crippen molar-refractivity contribution in [1.29, 1.82) is 0 Å². The molecular weight excluding hydrogens is 404 g/mol. The maximum absolute atomic E-state index is 13.2. The lowest BCUT2D eigenvalue weighted by Crippen LogP contribution is -2.32. The number of hydrogen-bond acceptors (Lipinski definition) is 5. The van der Waals surface area contributed by atoms with Crippen LogP contribution in [-0.4, -0.2) is 24.9 Å². The van der Waals surface area contributed by atoms with Crippen LogP contribution in [-0.2, 0) is 14.3 Å². The van der Waals surface area contributed by atoms with Crippen molar-refractivity contribution in [2.24, 2.45) is 0 Å². The average Bonchev–Trinajstić information content (AvgIpc) is 3.15. The predicted molar refractivity (Wildman–Crippen MR) is 117 cm³/mol. The van der Waals surface area contributed by atoms with Crippen LogP contribution in [0.3, 0.4) is 0 Å². The van der Waals surface area contributed by atoms with Crippen LogP contribution < -0.4 is 0 Å². The van der Waals surface area contributed by atoms with Gasteiger partial charge in [-0.15, -0.1) is 11.8 Å². The van der Waals surface area contributed by atoms with Crippen molar-refractivity contribution in [3.8, 4) is 0 Å². The summed E-state index contributed by atoms with van der Waals surface area (Å²) >= 11 is 1.42. The molecule has 1 aliphatic rings. The maximum Gasteiger partial charge on any atom is 0.298 e. The molecule has 1 aliphatic heterocycles. The Hall–Kier alpha value is -2.15. The van der Waals surface area contributed by atoms with Gasteiger partial charge < -0.3 is 0 Å². The normalized spacial score (nSPS) is 19.5. The third-order valence-corrected chi connectivity index (χ3v) is 8.10. The number of aryl methyl sites for hydroxylation is 1. The molecule has 0 aromatic heterocycles. The second-order valence-corrected chi connectivity index (χ2v) is 10.3. The molecule has 3 aromatic carbocycles. The zero-order valence-electron chi connectivity index (χ0n) is 16.1. The highest BCUT2D eigenvalue weighted by Gasteiger charge is 2.43. The van der Waals surface area contributed by atoms with Gasteiger partial charge >= 0.3 is 0 Å². The molecular formula is C23H22O4S2. The summed E-state index contributed by atoms with van der Waals surface area (Å²) in [6, 6.07) is 19.9. The molecule has 1 saturated heterocycles. The SMILES string of the molecule is Cc1ccc(S(=O)(=O)OC2(CC(=O)c3cccc4ccccc34)CCCS2)cc1. The summed E-state index contributed by atoms with van der Waals surface area (Å²) in [5, 5.41) is 1.86. The highest BCUT2D eigenvalue weighted by molar-refractivity contribution is 8.01. The third-order valence-electron chi connectivity index (χ3n) is 5.16.